The molecule has 0 amide bonds. The first kappa shape index (κ1) is 12.2. The molecule has 2 aromatic rings. The van der Waals surface area contributed by atoms with E-state index >= 15 is 0 Å². The predicted molar refractivity (Wildman–Crippen MR) is 68.7 cm³/mol. The van der Waals surface area contributed by atoms with Gasteiger partial charge in [-0.1, -0.05) is 12.1 Å². The Morgan fingerprint density at radius 1 is 1.33 bits per heavy atom. The molecule has 0 bridgehead atoms. The number of rotatable bonds is 4. The molecule has 0 saturated heterocycles. The lowest BCUT2D eigenvalue weighted by atomic mass is 10.1. The van der Waals surface area contributed by atoms with Crippen LogP contribution in [0.4, 0.5) is 5.69 Å². The number of anilines is 1. The van der Waals surface area contributed by atoms with Gasteiger partial charge in [0, 0.05) is 17.4 Å². The highest BCUT2D eigenvalue weighted by atomic mass is 16.5. The maximum absolute atomic E-state index is 11.3. The molecule has 0 unspecified atom stereocenters. The van der Waals surface area contributed by atoms with E-state index in [-0.39, 0.29) is 12.5 Å². The number of nitrogens with zero attached hydrogens (tertiary/aromatic N) is 2. The van der Waals surface area contributed by atoms with Crippen LogP contribution < -0.4 is 5.73 Å². The molecule has 2 N–H and O–H groups in total. The summed E-state index contributed by atoms with van der Waals surface area (Å²) in [5.41, 5.74) is 8.30. The van der Waals surface area contributed by atoms with Gasteiger partial charge >= 0.3 is 5.97 Å². The zero-order valence-corrected chi connectivity index (χ0v) is 10.2. The highest BCUT2D eigenvalue weighted by Crippen LogP contribution is 2.19. The van der Waals surface area contributed by atoms with Crippen molar-refractivity contribution in [3.8, 4) is 11.1 Å². The highest BCUT2D eigenvalue weighted by molar-refractivity contribution is 5.69. The smallest absolute Gasteiger partial charge is 0.327 e. The first-order valence-electron chi connectivity index (χ1n) is 5.73. The lowest BCUT2D eigenvalue weighted by Crippen LogP contribution is -2.13. The third-order valence-corrected chi connectivity index (χ3v) is 2.47. The van der Waals surface area contributed by atoms with Crippen molar-refractivity contribution < 1.29 is 9.53 Å². The molecule has 18 heavy (non-hydrogen) atoms. The Balaban J connectivity index is 2.10. The van der Waals surface area contributed by atoms with E-state index in [1.807, 2.05) is 30.5 Å². The van der Waals surface area contributed by atoms with Gasteiger partial charge in [-0.15, -0.1) is 0 Å². The van der Waals surface area contributed by atoms with E-state index in [1.165, 1.54) is 0 Å². The fourth-order valence-corrected chi connectivity index (χ4v) is 1.61. The molecule has 0 fully saturated rings. The highest BCUT2D eigenvalue weighted by Gasteiger charge is 2.06. The van der Waals surface area contributed by atoms with Gasteiger partial charge in [-0.3, -0.25) is 9.48 Å². The largest absolute Gasteiger partial charge is 0.465 e. The van der Waals surface area contributed by atoms with Crippen LogP contribution in [0.1, 0.15) is 6.92 Å². The molecule has 94 valence electrons. The normalized spacial score (nSPS) is 10.3. The van der Waals surface area contributed by atoms with Crippen molar-refractivity contribution in [2.24, 2.45) is 0 Å². The zero-order chi connectivity index (χ0) is 13.0. The summed E-state index contributed by atoms with van der Waals surface area (Å²) in [5.74, 6) is -0.288. The van der Waals surface area contributed by atoms with E-state index in [0.29, 0.717) is 6.61 Å². The van der Waals surface area contributed by atoms with Gasteiger partial charge in [-0.25, -0.2) is 0 Å². The first-order valence-corrected chi connectivity index (χ1v) is 5.73. The maximum Gasteiger partial charge on any atom is 0.327 e. The zero-order valence-electron chi connectivity index (χ0n) is 10.2. The van der Waals surface area contributed by atoms with Crippen LogP contribution in [0.15, 0.2) is 36.7 Å². The minimum absolute atomic E-state index is 0.128. The van der Waals surface area contributed by atoms with Gasteiger partial charge in [0.2, 0.25) is 0 Å². The molecule has 0 aliphatic carbocycles. The van der Waals surface area contributed by atoms with Gasteiger partial charge in [0.05, 0.1) is 12.8 Å². The average Bonchev–Trinajstić information content (AvgIpc) is 2.78. The molecule has 2 rings (SSSR count). The summed E-state index contributed by atoms with van der Waals surface area (Å²) in [4.78, 5) is 11.3. The summed E-state index contributed by atoms with van der Waals surface area (Å²) >= 11 is 0. The number of esters is 1. The van der Waals surface area contributed by atoms with Crippen molar-refractivity contribution in [3.63, 3.8) is 0 Å². The van der Waals surface area contributed by atoms with Crippen molar-refractivity contribution in [1.82, 2.24) is 9.78 Å². The number of aromatic nitrogens is 2. The van der Waals surface area contributed by atoms with E-state index < -0.39 is 0 Å². The lowest BCUT2D eigenvalue weighted by molar-refractivity contribution is -0.144. The van der Waals surface area contributed by atoms with Crippen LogP contribution in [-0.4, -0.2) is 22.4 Å². The van der Waals surface area contributed by atoms with E-state index in [1.54, 1.807) is 17.8 Å². The second kappa shape index (κ2) is 5.35. The molecule has 0 radical (unpaired) electrons. The summed E-state index contributed by atoms with van der Waals surface area (Å²) in [6.07, 6.45) is 3.52. The Labute approximate surface area is 105 Å². The summed E-state index contributed by atoms with van der Waals surface area (Å²) < 4.78 is 6.42. The van der Waals surface area contributed by atoms with E-state index in [0.717, 1.165) is 16.8 Å². The van der Waals surface area contributed by atoms with Crippen LogP contribution in [0.3, 0.4) is 0 Å². The van der Waals surface area contributed by atoms with E-state index in [2.05, 4.69) is 5.10 Å². The summed E-state index contributed by atoms with van der Waals surface area (Å²) in [7, 11) is 0. The Morgan fingerprint density at radius 3 is 2.72 bits per heavy atom. The van der Waals surface area contributed by atoms with E-state index in [9.17, 15) is 4.79 Å². The minimum atomic E-state index is -0.288. The number of ether oxygens (including phenoxy) is 1. The molecule has 1 aromatic carbocycles. The quantitative estimate of drug-likeness (QED) is 0.657. The first-order chi connectivity index (χ1) is 8.69. The van der Waals surface area contributed by atoms with Crippen LogP contribution in [0, 0.1) is 0 Å². The van der Waals surface area contributed by atoms with Crippen molar-refractivity contribution in [2.45, 2.75) is 13.5 Å². The third kappa shape index (κ3) is 2.88. The Hall–Kier alpha value is -2.30. The Bertz CT molecular complexity index is 531. The van der Waals surface area contributed by atoms with Crippen LogP contribution in [0.2, 0.25) is 0 Å². The van der Waals surface area contributed by atoms with E-state index in [4.69, 9.17) is 10.5 Å². The second-order valence-corrected chi connectivity index (χ2v) is 3.85. The number of nitrogens with two attached hydrogens (primary N) is 1. The topological polar surface area (TPSA) is 70.1 Å². The number of carbonyl (C=O) groups excluding carboxylic acids is 1. The lowest BCUT2D eigenvalue weighted by Gasteiger charge is -2.01. The molecule has 0 aliphatic rings. The Morgan fingerprint density at radius 2 is 2.06 bits per heavy atom. The van der Waals surface area contributed by atoms with Gasteiger partial charge in [0.1, 0.15) is 6.54 Å². The standard InChI is InChI=1S/C13H15N3O2/c1-2-18-13(17)9-16-8-11(7-15-16)10-3-5-12(14)6-4-10/h3-8H,2,9,14H2,1H3. The summed E-state index contributed by atoms with van der Waals surface area (Å²) in [5, 5.41) is 4.12. The molecular formula is C13H15N3O2. The van der Waals surface area contributed by atoms with Crippen molar-refractivity contribution in [2.75, 3.05) is 12.3 Å². The van der Waals surface area contributed by atoms with Crippen LogP contribution >= 0.6 is 0 Å². The van der Waals surface area contributed by atoms with Gasteiger partial charge in [-0.05, 0) is 24.6 Å². The molecular weight excluding hydrogens is 230 g/mol. The maximum atomic E-state index is 11.3. The molecule has 5 heteroatoms. The molecule has 5 nitrogen and oxygen atoms in total. The molecule has 0 atom stereocenters. The van der Waals surface area contributed by atoms with Crippen LogP contribution in [0.5, 0.6) is 0 Å². The van der Waals surface area contributed by atoms with Gasteiger partial charge in [0.15, 0.2) is 0 Å². The molecule has 0 saturated carbocycles. The summed E-state index contributed by atoms with van der Waals surface area (Å²) in [6.45, 7) is 2.29. The predicted octanol–water partition coefficient (Wildman–Crippen LogP) is 1.70. The number of carbonyl (C=O) groups is 1. The molecule has 0 aliphatic heterocycles. The van der Waals surface area contributed by atoms with Crippen molar-refractivity contribution in [1.29, 1.82) is 0 Å². The fraction of sp³-hybridized carbons (Fsp3) is 0.231. The molecule has 1 heterocycles. The number of hydrogen-bond acceptors (Lipinski definition) is 4. The monoisotopic (exact) mass is 245 g/mol. The SMILES string of the molecule is CCOC(=O)Cn1cc(-c2ccc(N)cc2)cn1. The molecule has 0 spiro atoms. The van der Waals surface area contributed by atoms with Gasteiger partial charge in [0.25, 0.3) is 0 Å². The van der Waals surface area contributed by atoms with Gasteiger partial charge < -0.3 is 10.5 Å². The second-order valence-electron chi connectivity index (χ2n) is 3.85. The van der Waals surface area contributed by atoms with Crippen molar-refractivity contribution in [3.05, 3.63) is 36.7 Å². The van der Waals surface area contributed by atoms with Crippen LogP contribution in [-0.2, 0) is 16.1 Å². The van der Waals surface area contributed by atoms with Crippen molar-refractivity contribution >= 4 is 11.7 Å². The van der Waals surface area contributed by atoms with Crippen LogP contribution in [0.25, 0.3) is 11.1 Å². The minimum Gasteiger partial charge on any atom is -0.465 e. The average molecular weight is 245 g/mol. The Kier molecular flexibility index (Phi) is 3.62. The molecule has 1 aromatic heterocycles. The number of benzene rings is 1. The van der Waals surface area contributed by atoms with Gasteiger partial charge in [-0.2, -0.15) is 5.10 Å². The third-order valence-electron chi connectivity index (χ3n) is 2.47. The number of nitrogen functional groups attached to an aromatic ring is 1. The summed E-state index contributed by atoms with van der Waals surface area (Å²) in [6, 6.07) is 7.50. The fourth-order valence-electron chi connectivity index (χ4n) is 1.61. The number of hydrogen-bond donors (Lipinski definition) is 1.